The van der Waals surface area contributed by atoms with Gasteiger partial charge in [-0.05, 0) is 38.1 Å². The van der Waals surface area contributed by atoms with Crippen molar-refractivity contribution in [2.24, 2.45) is 0 Å². The lowest BCUT2D eigenvalue weighted by molar-refractivity contribution is -0.132. The number of carbonyl (C=O) groups excluding carboxylic acids is 1. The first-order chi connectivity index (χ1) is 10.8. The van der Waals surface area contributed by atoms with Crippen molar-refractivity contribution in [2.45, 2.75) is 12.8 Å². The van der Waals surface area contributed by atoms with Crippen LogP contribution in [0.1, 0.15) is 18.4 Å². The highest BCUT2D eigenvalue weighted by Crippen LogP contribution is 2.21. The van der Waals surface area contributed by atoms with Gasteiger partial charge < -0.3 is 9.80 Å². The van der Waals surface area contributed by atoms with E-state index in [0.717, 1.165) is 45.0 Å². The second kappa shape index (κ2) is 6.80. The molecule has 0 unspecified atom stereocenters. The van der Waals surface area contributed by atoms with Crippen molar-refractivity contribution >= 4 is 11.6 Å². The molecule has 0 spiro atoms. The number of anilines is 1. The van der Waals surface area contributed by atoms with Crippen LogP contribution in [0.2, 0.25) is 0 Å². The lowest BCUT2D eigenvalue weighted by Gasteiger charge is -2.37. The van der Waals surface area contributed by atoms with E-state index in [0.29, 0.717) is 12.1 Å². The minimum absolute atomic E-state index is 0.245. The summed E-state index contributed by atoms with van der Waals surface area (Å²) in [6.07, 6.45) is 2.43. The van der Waals surface area contributed by atoms with Crippen molar-refractivity contribution in [1.82, 2.24) is 9.80 Å². The zero-order valence-electron chi connectivity index (χ0n) is 12.9. The highest BCUT2D eigenvalue weighted by molar-refractivity contribution is 5.78. The topological polar surface area (TPSA) is 50.6 Å². The third kappa shape index (κ3) is 3.23. The lowest BCUT2D eigenvalue weighted by Crippen LogP contribution is -2.51. The van der Waals surface area contributed by atoms with Gasteiger partial charge >= 0.3 is 0 Å². The maximum Gasteiger partial charge on any atom is 0.236 e. The number of nitrogens with zero attached hydrogens (tertiary/aromatic N) is 4. The summed E-state index contributed by atoms with van der Waals surface area (Å²) in [6.45, 7) is 5.75. The quantitative estimate of drug-likeness (QED) is 0.844. The van der Waals surface area contributed by atoms with Crippen molar-refractivity contribution < 1.29 is 4.79 Å². The minimum atomic E-state index is 0.245. The fourth-order valence-electron chi connectivity index (χ4n) is 3.27. The van der Waals surface area contributed by atoms with Gasteiger partial charge in [-0.3, -0.25) is 9.69 Å². The van der Waals surface area contributed by atoms with Crippen LogP contribution in [0.15, 0.2) is 24.3 Å². The summed E-state index contributed by atoms with van der Waals surface area (Å²) in [4.78, 5) is 18.8. The first-order valence-corrected chi connectivity index (χ1v) is 8.02. The second-order valence-corrected chi connectivity index (χ2v) is 5.98. The molecule has 0 aromatic heterocycles. The molecule has 2 saturated heterocycles. The van der Waals surface area contributed by atoms with Crippen LogP contribution >= 0.6 is 0 Å². The second-order valence-electron chi connectivity index (χ2n) is 5.98. The Balaban J connectivity index is 1.56. The molecule has 0 bridgehead atoms. The van der Waals surface area contributed by atoms with Crippen molar-refractivity contribution in [3.63, 3.8) is 0 Å². The first-order valence-electron chi connectivity index (χ1n) is 8.02. The Labute approximate surface area is 131 Å². The summed E-state index contributed by atoms with van der Waals surface area (Å²) in [7, 11) is 0. The Morgan fingerprint density at radius 1 is 1.05 bits per heavy atom. The van der Waals surface area contributed by atoms with Crippen LogP contribution < -0.4 is 4.90 Å². The highest BCUT2D eigenvalue weighted by atomic mass is 16.2. The van der Waals surface area contributed by atoms with E-state index in [4.69, 9.17) is 0 Å². The molecule has 2 aliphatic rings. The summed E-state index contributed by atoms with van der Waals surface area (Å²) in [6, 6.07) is 9.93. The maximum atomic E-state index is 12.3. The Morgan fingerprint density at radius 3 is 2.41 bits per heavy atom. The molecule has 0 atom stereocenters. The van der Waals surface area contributed by atoms with E-state index in [2.05, 4.69) is 15.9 Å². The molecule has 0 radical (unpaired) electrons. The van der Waals surface area contributed by atoms with E-state index in [-0.39, 0.29) is 5.91 Å². The van der Waals surface area contributed by atoms with Gasteiger partial charge in [0, 0.05) is 26.2 Å². The van der Waals surface area contributed by atoms with Crippen LogP contribution in [0.4, 0.5) is 5.69 Å². The normalized spacial score (nSPS) is 19.2. The summed E-state index contributed by atoms with van der Waals surface area (Å²) < 4.78 is 0. The smallest absolute Gasteiger partial charge is 0.236 e. The van der Waals surface area contributed by atoms with Crippen LogP contribution in [0.3, 0.4) is 0 Å². The monoisotopic (exact) mass is 298 g/mol. The van der Waals surface area contributed by atoms with Gasteiger partial charge in [0.1, 0.15) is 6.07 Å². The lowest BCUT2D eigenvalue weighted by atomic mass is 10.1. The number of rotatable bonds is 3. The van der Waals surface area contributed by atoms with Crippen LogP contribution in [-0.4, -0.2) is 61.5 Å². The molecule has 3 rings (SSSR count). The van der Waals surface area contributed by atoms with E-state index in [1.807, 2.05) is 29.2 Å². The Bertz CT molecular complexity index is 566. The van der Waals surface area contributed by atoms with Crippen molar-refractivity contribution in [3.8, 4) is 6.07 Å². The molecule has 1 aromatic carbocycles. The zero-order chi connectivity index (χ0) is 15.4. The number of hydrogen-bond acceptors (Lipinski definition) is 4. The summed E-state index contributed by atoms with van der Waals surface area (Å²) in [5.74, 6) is 0.245. The van der Waals surface area contributed by atoms with E-state index in [9.17, 15) is 10.1 Å². The highest BCUT2D eigenvalue weighted by Gasteiger charge is 2.24. The molecular formula is C17H22N4O. The first kappa shape index (κ1) is 14.9. The van der Waals surface area contributed by atoms with Crippen LogP contribution in [0.25, 0.3) is 0 Å². The predicted molar refractivity (Wildman–Crippen MR) is 85.6 cm³/mol. The van der Waals surface area contributed by atoms with Crippen molar-refractivity contribution in [2.75, 3.05) is 50.7 Å². The number of para-hydroxylation sites is 1. The molecule has 22 heavy (non-hydrogen) atoms. The van der Waals surface area contributed by atoms with Gasteiger partial charge in [0.25, 0.3) is 0 Å². The van der Waals surface area contributed by atoms with E-state index in [1.54, 1.807) is 0 Å². The number of carbonyl (C=O) groups is 1. The van der Waals surface area contributed by atoms with Gasteiger partial charge in [0.2, 0.25) is 5.91 Å². The Kier molecular flexibility index (Phi) is 4.59. The molecule has 5 heteroatoms. The number of piperazine rings is 1. The molecule has 116 valence electrons. The molecule has 0 aliphatic carbocycles. The zero-order valence-corrected chi connectivity index (χ0v) is 12.9. The fraction of sp³-hybridized carbons (Fsp3) is 0.529. The number of nitriles is 1. The molecular weight excluding hydrogens is 276 g/mol. The third-order valence-electron chi connectivity index (χ3n) is 4.56. The molecule has 1 aromatic rings. The summed E-state index contributed by atoms with van der Waals surface area (Å²) in [5.41, 5.74) is 1.69. The van der Waals surface area contributed by atoms with Gasteiger partial charge in [-0.1, -0.05) is 12.1 Å². The van der Waals surface area contributed by atoms with Crippen LogP contribution in [-0.2, 0) is 4.79 Å². The van der Waals surface area contributed by atoms with Crippen LogP contribution in [0, 0.1) is 11.3 Å². The van der Waals surface area contributed by atoms with E-state index < -0.39 is 0 Å². The molecule has 5 nitrogen and oxygen atoms in total. The maximum absolute atomic E-state index is 12.3. The van der Waals surface area contributed by atoms with Gasteiger partial charge in [0.15, 0.2) is 0 Å². The Morgan fingerprint density at radius 2 is 1.73 bits per heavy atom. The largest absolute Gasteiger partial charge is 0.367 e. The standard InChI is InChI=1S/C17H22N4O/c18-13-15-5-1-2-6-16(15)20-9-11-21(12-10-20)17(22)14-19-7-3-4-8-19/h1-2,5-6H,3-4,7-12,14H2. The SMILES string of the molecule is N#Cc1ccccc1N1CCN(C(=O)CN2CCCC2)CC1. The fourth-order valence-corrected chi connectivity index (χ4v) is 3.27. The van der Waals surface area contributed by atoms with Gasteiger partial charge in [-0.15, -0.1) is 0 Å². The Hall–Kier alpha value is -2.06. The van der Waals surface area contributed by atoms with E-state index >= 15 is 0 Å². The van der Waals surface area contributed by atoms with Crippen molar-refractivity contribution in [3.05, 3.63) is 29.8 Å². The molecule has 0 saturated carbocycles. The number of hydrogen-bond donors (Lipinski definition) is 0. The average Bonchev–Trinajstić information content (AvgIpc) is 3.08. The van der Waals surface area contributed by atoms with Crippen LogP contribution in [0.5, 0.6) is 0 Å². The molecule has 2 heterocycles. The van der Waals surface area contributed by atoms with Gasteiger partial charge in [-0.2, -0.15) is 5.26 Å². The summed E-state index contributed by atoms with van der Waals surface area (Å²) in [5, 5.41) is 9.20. The predicted octanol–water partition coefficient (Wildman–Crippen LogP) is 1.30. The molecule has 2 aliphatic heterocycles. The van der Waals surface area contributed by atoms with E-state index in [1.165, 1.54) is 12.8 Å². The van der Waals surface area contributed by atoms with Gasteiger partial charge in [0.05, 0.1) is 17.8 Å². The number of benzene rings is 1. The molecule has 0 N–H and O–H groups in total. The molecule has 1 amide bonds. The molecule has 2 fully saturated rings. The minimum Gasteiger partial charge on any atom is -0.367 e. The van der Waals surface area contributed by atoms with Crippen molar-refractivity contribution in [1.29, 1.82) is 5.26 Å². The third-order valence-corrected chi connectivity index (χ3v) is 4.56. The van der Waals surface area contributed by atoms with Gasteiger partial charge in [-0.25, -0.2) is 0 Å². The summed E-state index contributed by atoms with van der Waals surface area (Å²) >= 11 is 0. The number of likely N-dealkylation sites (tertiary alicyclic amines) is 1. The number of amides is 1. The average molecular weight is 298 g/mol.